The molecule has 3 aromatic rings. The van der Waals surface area contributed by atoms with Crippen molar-refractivity contribution in [2.75, 3.05) is 0 Å². The summed E-state index contributed by atoms with van der Waals surface area (Å²) in [6.07, 6.45) is 1.29. The molecule has 2 heterocycles. The van der Waals surface area contributed by atoms with Crippen molar-refractivity contribution >= 4 is 34.3 Å². The van der Waals surface area contributed by atoms with Crippen LogP contribution in [0.15, 0.2) is 40.5 Å². The molecule has 26 heavy (non-hydrogen) atoms. The number of rotatable bonds is 3. The van der Waals surface area contributed by atoms with Gasteiger partial charge in [-0.3, -0.25) is 9.36 Å². The number of nitriles is 2. The fourth-order valence-corrected chi connectivity index (χ4v) is 4.02. The summed E-state index contributed by atoms with van der Waals surface area (Å²) in [5, 5.41) is 20.2. The van der Waals surface area contributed by atoms with Crippen LogP contribution in [0.1, 0.15) is 10.4 Å². The largest absolute Gasteiger partial charge is 0.292 e. The van der Waals surface area contributed by atoms with Crippen LogP contribution in [0.2, 0.25) is 0 Å². The van der Waals surface area contributed by atoms with Crippen molar-refractivity contribution in [1.82, 2.24) is 4.57 Å². The van der Waals surface area contributed by atoms with Crippen LogP contribution in [0.4, 0.5) is 8.78 Å². The van der Waals surface area contributed by atoms with Crippen LogP contribution < -0.4 is 14.8 Å². The first-order chi connectivity index (χ1) is 12.5. The van der Waals surface area contributed by atoms with Crippen LogP contribution in [0.3, 0.4) is 0 Å². The Morgan fingerprint density at radius 1 is 1.23 bits per heavy atom. The molecule has 0 saturated heterocycles. The number of nitrogens with zero attached hydrogens (tertiary/aromatic N) is 3. The zero-order valence-corrected chi connectivity index (χ0v) is 14.7. The fourth-order valence-electron chi connectivity index (χ4n) is 2.29. The summed E-state index contributed by atoms with van der Waals surface area (Å²) >= 11 is 2.37. The lowest BCUT2D eigenvalue weighted by molar-refractivity contribution is 0.581. The molecule has 4 nitrogen and oxygen atoms in total. The predicted octanol–water partition coefficient (Wildman–Crippen LogP) is 2.32. The number of halogens is 2. The lowest BCUT2D eigenvalue weighted by atomic mass is 10.2. The number of benzene rings is 1. The summed E-state index contributed by atoms with van der Waals surface area (Å²) in [5.74, 6) is -1.51. The zero-order chi connectivity index (χ0) is 18.7. The third-order valence-electron chi connectivity index (χ3n) is 3.49. The molecule has 0 amide bonds. The van der Waals surface area contributed by atoms with Crippen LogP contribution in [0.5, 0.6) is 0 Å². The number of hydrogen-bond donors (Lipinski definition) is 0. The molecule has 0 atom stereocenters. The van der Waals surface area contributed by atoms with Crippen LogP contribution in [-0.4, -0.2) is 4.57 Å². The van der Waals surface area contributed by atoms with Gasteiger partial charge in [-0.25, -0.2) is 8.78 Å². The van der Waals surface area contributed by atoms with Gasteiger partial charge in [0.15, 0.2) is 5.57 Å². The van der Waals surface area contributed by atoms with Crippen molar-refractivity contribution < 1.29 is 8.78 Å². The van der Waals surface area contributed by atoms with Crippen molar-refractivity contribution in [3.05, 3.63) is 77.3 Å². The third kappa shape index (κ3) is 3.47. The molecule has 128 valence electrons. The molecule has 0 aliphatic carbocycles. The van der Waals surface area contributed by atoms with Gasteiger partial charge in [0, 0.05) is 16.5 Å². The third-order valence-corrected chi connectivity index (χ3v) is 5.48. The Kier molecular flexibility index (Phi) is 5.08. The van der Waals surface area contributed by atoms with Crippen LogP contribution in [0, 0.1) is 34.3 Å². The molecule has 0 aliphatic rings. The van der Waals surface area contributed by atoms with E-state index in [1.54, 1.807) is 12.1 Å². The van der Waals surface area contributed by atoms with Gasteiger partial charge < -0.3 is 0 Å². The molecule has 0 radical (unpaired) electrons. The highest BCUT2D eigenvalue weighted by Gasteiger charge is 2.11. The van der Waals surface area contributed by atoms with Gasteiger partial charge in [-0.2, -0.15) is 10.5 Å². The zero-order valence-electron chi connectivity index (χ0n) is 13.1. The van der Waals surface area contributed by atoms with E-state index >= 15 is 0 Å². The standard InChI is InChI=1S/C18H9F2N3OS2/c19-13-4-3-11(15(20)7-13)6-16-17(24)23(10-14-2-1-5-25-14)18(26-16)12(8-21)9-22/h1-7H,10H2. The molecule has 3 rings (SSSR count). The SMILES string of the molecule is N#CC(C#N)=c1sc(=Cc2ccc(F)cc2F)c(=O)n1Cc1cccs1. The lowest BCUT2D eigenvalue weighted by Crippen LogP contribution is -2.32. The minimum Gasteiger partial charge on any atom is -0.292 e. The van der Waals surface area contributed by atoms with Crippen LogP contribution >= 0.6 is 22.7 Å². The van der Waals surface area contributed by atoms with E-state index in [4.69, 9.17) is 10.5 Å². The van der Waals surface area contributed by atoms with Crippen molar-refractivity contribution in [3.8, 4) is 12.1 Å². The second kappa shape index (κ2) is 7.44. The van der Waals surface area contributed by atoms with E-state index in [0.717, 1.165) is 28.3 Å². The van der Waals surface area contributed by atoms with Gasteiger partial charge >= 0.3 is 0 Å². The summed E-state index contributed by atoms with van der Waals surface area (Å²) in [5.41, 5.74) is -0.581. The second-order valence-corrected chi connectivity index (χ2v) is 7.21. The Bertz CT molecular complexity index is 1210. The second-order valence-electron chi connectivity index (χ2n) is 5.15. The Labute approximate surface area is 154 Å². The smallest absolute Gasteiger partial charge is 0.269 e. The molecule has 0 unspecified atom stereocenters. The maximum atomic E-state index is 13.9. The molecule has 1 aromatic carbocycles. The van der Waals surface area contributed by atoms with E-state index in [1.165, 1.54) is 28.0 Å². The number of thiophene rings is 1. The van der Waals surface area contributed by atoms with Crippen molar-refractivity contribution in [1.29, 1.82) is 10.5 Å². The summed E-state index contributed by atoms with van der Waals surface area (Å²) in [6, 6.07) is 10.3. The Balaban J connectivity index is 2.28. The van der Waals surface area contributed by atoms with Gasteiger partial charge in [0.2, 0.25) is 0 Å². The summed E-state index contributed by atoms with van der Waals surface area (Å²) in [7, 11) is 0. The minimum absolute atomic E-state index is 0.0510. The molecule has 0 fully saturated rings. The number of thiazole rings is 1. The molecule has 2 aromatic heterocycles. The molecular weight excluding hydrogens is 376 g/mol. The Morgan fingerprint density at radius 3 is 2.62 bits per heavy atom. The maximum Gasteiger partial charge on any atom is 0.269 e. The first kappa shape index (κ1) is 17.7. The Morgan fingerprint density at radius 2 is 2.00 bits per heavy atom. The summed E-state index contributed by atoms with van der Waals surface area (Å²) in [6.45, 7) is 0.203. The van der Waals surface area contributed by atoms with E-state index in [0.29, 0.717) is 0 Å². The van der Waals surface area contributed by atoms with E-state index in [-0.39, 0.29) is 26.9 Å². The van der Waals surface area contributed by atoms with Gasteiger partial charge in [-0.1, -0.05) is 6.07 Å². The molecule has 8 heteroatoms. The average molecular weight is 385 g/mol. The first-order valence-electron chi connectivity index (χ1n) is 7.27. The number of hydrogen-bond acceptors (Lipinski definition) is 5. The minimum atomic E-state index is -0.797. The quantitative estimate of drug-likeness (QED) is 0.695. The molecule has 0 N–H and O–H groups in total. The van der Waals surface area contributed by atoms with Crippen LogP contribution in [-0.2, 0) is 6.54 Å². The monoisotopic (exact) mass is 385 g/mol. The average Bonchev–Trinajstić information content (AvgIpc) is 3.23. The molecule has 0 spiro atoms. The van der Waals surface area contributed by atoms with Gasteiger partial charge in [0.1, 0.15) is 28.4 Å². The van der Waals surface area contributed by atoms with Crippen molar-refractivity contribution in [3.63, 3.8) is 0 Å². The highest BCUT2D eigenvalue weighted by atomic mass is 32.1. The lowest BCUT2D eigenvalue weighted by Gasteiger charge is -1.99. The number of aromatic nitrogens is 1. The predicted molar refractivity (Wildman–Crippen MR) is 95.8 cm³/mol. The van der Waals surface area contributed by atoms with Gasteiger partial charge in [-0.15, -0.1) is 22.7 Å². The first-order valence-corrected chi connectivity index (χ1v) is 8.96. The summed E-state index contributed by atoms with van der Waals surface area (Å²) < 4.78 is 28.6. The molecule has 0 saturated carbocycles. The van der Waals surface area contributed by atoms with E-state index in [1.807, 2.05) is 17.5 Å². The molecule has 0 aliphatic heterocycles. The Hall–Kier alpha value is -3.07. The molecular formula is C18H9F2N3OS2. The fraction of sp³-hybridized carbons (Fsp3) is 0.0556. The van der Waals surface area contributed by atoms with Crippen LogP contribution in [0.25, 0.3) is 11.6 Å². The highest BCUT2D eigenvalue weighted by molar-refractivity contribution is 7.10. The van der Waals surface area contributed by atoms with E-state index in [2.05, 4.69) is 0 Å². The van der Waals surface area contributed by atoms with E-state index in [9.17, 15) is 13.6 Å². The van der Waals surface area contributed by atoms with Crippen molar-refractivity contribution in [2.45, 2.75) is 6.54 Å². The summed E-state index contributed by atoms with van der Waals surface area (Å²) in [4.78, 5) is 13.6. The van der Waals surface area contributed by atoms with Gasteiger partial charge in [0.25, 0.3) is 5.56 Å². The topological polar surface area (TPSA) is 69.6 Å². The maximum absolute atomic E-state index is 13.9. The van der Waals surface area contributed by atoms with Gasteiger partial charge in [-0.05, 0) is 29.7 Å². The van der Waals surface area contributed by atoms with Crippen molar-refractivity contribution in [2.24, 2.45) is 0 Å². The normalized spacial score (nSPS) is 11.2. The molecule has 0 bridgehead atoms. The van der Waals surface area contributed by atoms with E-state index < -0.39 is 17.2 Å². The highest BCUT2D eigenvalue weighted by Crippen LogP contribution is 2.11. The van der Waals surface area contributed by atoms with Gasteiger partial charge in [0.05, 0.1) is 11.1 Å².